The first-order chi connectivity index (χ1) is 22.9. The smallest absolute Gasteiger partial charge is 0.239 e. The van der Waals surface area contributed by atoms with Crippen molar-refractivity contribution in [2.75, 3.05) is 12.0 Å². The summed E-state index contributed by atoms with van der Waals surface area (Å²) in [5.41, 5.74) is 4.35. The highest BCUT2D eigenvalue weighted by Gasteiger charge is 2.82. The van der Waals surface area contributed by atoms with E-state index in [2.05, 4.69) is 0 Å². The van der Waals surface area contributed by atoms with E-state index in [0.29, 0.717) is 22.6 Å². The number of hydrogen-bond donors (Lipinski definition) is 0. The summed E-state index contributed by atoms with van der Waals surface area (Å²) in [5.74, 6) is -2.48. The summed E-state index contributed by atoms with van der Waals surface area (Å²) in [6, 6.07) is 42.6. The SMILES string of the molecule is COc1ccccc1N1C(=O)[C@H]2[C@H](C1=O)[C@]1(c3ccccc3)C(=O)[C@@]2(c2ccccc2)C(c2ccc(C)cc2)=C1c1ccc(C)cc1. The molecular weight excluding hydrogens is 582 g/mol. The van der Waals surface area contributed by atoms with Gasteiger partial charge in [-0.1, -0.05) is 132 Å². The van der Waals surface area contributed by atoms with E-state index in [4.69, 9.17) is 4.74 Å². The number of amides is 2. The number of carbonyl (C=O) groups is 3. The van der Waals surface area contributed by atoms with Crippen LogP contribution in [0, 0.1) is 25.7 Å². The molecule has 0 unspecified atom stereocenters. The van der Waals surface area contributed by atoms with Gasteiger partial charge in [-0.05, 0) is 59.4 Å². The topological polar surface area (TPSA) is 63.7 Å². The van der Waals surface area contributed by atoms with Crippen molar-refractivity contribution in [3.63, 3.8) is 0 Å². The molecule has 8 rings (SSSR count). The highest BCUT2D eigenvalue weighted by Crippen LogP contribution is 2.74. The van der Waals surface area contributed by atoms with Crippen molar-refractivity contribution in [1.29, 1.82) is 0 Å². The van der Waals surface area contributed by atoms with Gasteiger partial charge in [0.1, 0.15) is 5.75 Å². The summed E-state index contributed by atoms with van der Waals surface area (Å²) in [7, 11) is 1.53. The molecule has 0 spiro atoms. The van der Waals surface area contributed by atoms with Crippen LogP contribution in [0.4, 0.5) is 5.69 Å². The number of para-hydroxylation sites is 2. The molecule has 1 aliphatic heterocycles. The van der Waals surface area contributed by atoms with Gasteiger partial charge >= 0.3 is 0 Å². The number of benzene rings is 5. The number of Topliss-reactive ketones (excluding diaryl/α,β-unsaturated/α-hetero) is 1. The second-order valence-electron chi connectivity index (χ2n) is 12.8. The van der Waals surface area contributed by atoms with E-state index in [-0.39, 0.29) is 5.78 Å². The maximum Gasteiger partial charge on any atom is 0.239 e. The predicted octanol–water partition coefficient (Wildman–Crippen LogP) is 7.50. The van der Waals surface area contributed by atoms with Gasteiger partial charge in [0, 0.05) is 0 Å². The average Bonchev–Trinajstić information content (AvgIpc) is 3.61. The lowest BCUT2D eigenvalue weighted by Crippen LogP contribution is -2.45. The zero-order valence-corrected chi connectivity index (χ0v) is 26.4. The van der Waals surface area contributed by atoms with Gasteiger partial charge in [0.25, 0.3) is 0 Å². The van der Waals surface area contributed by atoms with E-state index in [1.54, 1.807) is 18.2 Å². The molecule has 4 atom stereocenters. The fraction of sp³-hybridized carbons (Fsp3) is 0.167. The van der Waals surface area contributed by atoms with Crippen LogP contribution in [-0.4, -0.2) is 24.7 Å². The molecule has 0 aromatic heterocycles. The molecule has 5 heteroatoms. The second-order valence-corrected chi connectivity index (χ2v) is 12.8. The van der Waals surface area contributed by atoms with Crippen LogP contribution < -0.4 is 9.64 Å². The number of anilines is 1. The maximum atomic E-state index is 16.0. The minimum Gasteiger partial charge on any atom is -0.495 e. The number of carbonyl (C=O) groups excluding carboxylic acids is 3. The van der Waals surface area contributed by atoms with E-state index < -0.39 is 34.5 Å². The van der Waals surface area contributed by atoms with Crippen LogP contribution >= 0.6 is 0 Å². The number of fused-ring (bicyclic) bond motifs is 5. The van der Waals surface area contributed by atoms with Gasteiger partial charge in [-0.15, -0.1) is 0 Å². The Morgan fingerprint density at radius 2 is 0.936 bits per heavy atom. The van der Waals surface area contributed by atoms with E-state index >= 15 is 14.4 Å². The third-order valence-electron chi connectivity index (χ3n) is 10.5. The normalized spacial score (nSPS) is 24.7. The lowest BCUT2D eigenvalue weighted by atomic mass is 9.59. The van der Waals surface area contributed by atoms with E-state index in [9.17, 15) is 0 Å². The van der Waals surface area contributed by atoms with Crippen molar-refractivity contribution in [1.82, 2.24) is 0 Å². The van der Waals surface area contributed by atoms with Gasteiger partial charge in [0.15, 0.2) is 5.78 Å². The van der Waals surface area contributed by atoms with Crippen molar-refractivity contribution in [2.24, 2.45) is 11.8 Å². The number of ketones is 1. The highest BCUT2D eigenvalue weighted by molar-refractivity contribution is 6.39. The van der Waals surface area contributed by atoms with Crippen LogP contribution in [0.25, 0.3) is 11.1 Å². The zero-order valence-electron chi connectivity index (χ0n) is 26.4. The molecule has 1 saturated carbocycles. The summed E-state index contributed by atoms with van der Waals surface area (Å²) in [6.07, 6.45) is 0. The first kappa shape index (κ1) is 28.9. The molecule has 1 saturated heterocycles. The number of hydrogen-bond acceptors (Lipinski definition) is 4. The Hall–Kier alpha value is -5.55. The number of aryl methyl sites for hydroxylation is 2. The predicted molar refractivity (Wildman–Crippen MR) is 183 cm³/mol. The van der Waals surface area contributed by atoms with Crippen molar-refractivity contribution in [3.05, 3.63) is 167 Å². The first-order valence-corrected chi connectivity index (χ1v) is 15.9. The molecule has 3 aliphatic rings. The Labute approximate surface area is 274 Å². The number of allylic oxidation sites excluding steroid dienone is 2. The third-order valence-corrected chi connectivity index (χ3v) is 10.5. The molecule has 0 N–H and O–H groups in total. The van der Waals surface area contributed by atoms with Crippen LogP contribution in [0.5, 0.6) is 5.75 Å². The number of methoxy groups -OCH3 is 1. The largest absolute Gasteiger partial charge is 0.495 e. The first-order valence-electron chi connectivity index (χ1n) is 15.9. The molecule has 1 heterocycles. The fourth-order valence-electron chi connectivity index (χ4n) is 8.62. The highest BCUT2D eigenvalue weighted by atomic mass is 16.5. The van der Waals surface area contributed by atoms with Crippen LogP contribution in [0.3, 0.4) is 0 Å². The summed E-state index contributed by atoms with van der Waals surface area (Å²) in [4.78, 5) is 47.6. The minimum atomic E-state index is -1.44. The van der Waals surface area contributed by atoms with Crippen molar-refractivity contribution < 1.29 is 19.1 Å². The zero-order chi connectivity index (χ0) is 32.5. The monoisotopic (exact) mass is 615 g/mol. The molecule has 5 aromatic carbocycles. The number of nitrogens with zero attached hydrogens (tertiary/aromatic N) is 1. The molecule has 230 valence electrons. The Morgan fingerprint density at radius 1 is 0.532 bits per heavy atom. The van der Waals surface area contributed by atoms with E-state index in [1.165, 1.54) is 12.0 Å². The van der Waals surface area contributed by atoms with Crippen LogP contribution in [0.2, 0.25) is 0 Å². The van der Waals surface area contributed by atoms with Gasteiger partial charge in [0.05, 0.1) is 35.5 Å². The van der Waals surface area contributed by atoms with Crippen LogP contribution in [0.1, 0.15) is 33.4 Å². The second kappa shape index (κ2) is 10.5. The molecule has 2 amide bonds. The molecule has 5 aromatic rings. The molecule has 2 fully saturated rings. The summed E-state index contributed by atoms with van der Waals surface area (Å²) in [5, 5.41) is 0. The lowest BCUT2D eigenvalue weighted by molar-refractivity contribution is -0.130. The standard InChI is InChI=1S/C42H33NO4/c1-26-18-22-28(23-19-26)34-35(29-24-20-27(2)21-25-29)42(31-14-8-5-9-15-31)37-36(41(34,40(42)46)30-12-6-4-7-13-30)38(44)43(39(37)45)32-16-10-11-17-33(32)47-3/h4-25,36-37H,1-3H3/t36-,37-,41-,42+/m1/s1. The summed E-state index contributed by atoms with van der Waals surface area (Å²) >= 11 is 0. The van der Waals surface area contributed by atoms with Gasteiger partial charge in [-0.2, -0.15) is 0 Å². The molecule has 47 heavy (non-hydrogen) atoms. The Morgan fingerprint density at radius 3 is 1.36 bits per heavy atom. The maximum absolute atomic E-state index is 16.0. The fourth-order valence-corrected chi connectivity index (χ4v) is 8.62. The number of rotatable bonds is 6. The van der Waals surface area contributed by atoms with Gasteiger partial charge < -0.3 is 4.74 Å². The molecular formula is C42H33NO4. The van der Waals surface area contributed by atoms with Crippen molar-refractivity contribution >= 4 is 34.4 Å². The van der Waals surface area contributed by atoms with Crippen LogP contribution in [-0.2, 0) is 25.2 Å². The quantitative estimate of drug-likeness (QED) is 0.186. The summed E-state index contributed by atoms with van der Waals surface area (Å²) in [6.45, 7) is 4.06. The number of ether oxygens (including phenoxy) is 1. The average molecular weight is 616 g/mol. The molecule has 0 radical (unpaired) electrons. The Balaban J connectivity index is 1.56. The summed E-state index contributed by atoms with van der Waals surface area (Å²) < 4.78 is 5.67. The molecule has 2 aliphatic carbocycles. The van der Waals surface area contributed by atoms with Gasteiger partial charge in [0.2, 0.25) is 11.8 Å². The van der Waals surface area contributed by atoms with E-state index in [0.717, 1.165) is 33.4 Å². The van der Waals surface area contributed by atoms with Gasteiger partial charge in [-0.25, -0.2) is 4.90 Å². The third kappa shape index (κ3) is 3.68. The minimum absolute atomic E-state index is 0.134. The number of imide groups is 1. The molecule has 2 bridgehead atoms. The van der Waals surface area contributed by atoms with Crippen molar-refractivity contribution in [3.8, 4) is 5.75 Å². The lowest BCUT2D eigenvalue weighted by Gasteiger charge is -2.39. The molecule has 5 nitrogen and oxygen atoms in total. The Bertz CT molecular complexity index is 1970. The van der Waals surface area contributed by atoms with Crippen molar-refractivity contribution in [2.45, 2.75) is 24.7 Å². The Kier molecular flexibility index (Phi) is 6.45. The van der Waals surface area contributed by atoms with E-state index in [1.807, 2.05) is 129 Å². The van der Waals surface area contributed by atoms with Crippen LogP contribution in [0.15, 0.2) is 133 Å². The van der Waals surface area contributed by atoms with Gasteiger partial charge in [-0.3, -0.25) is 14.4 Å².